The number of benzene rings is 1. The Balaban J connectivity index is 0. The van der Waals surface area contributed by atoms with Gasteiger partial charge in [0.15, 0.2) is 5.78 Å². The summed E-state index contributed by atoms with van der Waals surface area (Å²) in [6, 6.07) is 5.59. The molecular formula is C22H36O4. The molecule has 0 N–H and O–H groups in total. The van der Waals surface area contributed by atoms with Gasteiger partial charge in [-0.05, 0) is 39.2 Å². The minimum Gasteiger partial charge on any atom is -0.496 e. The molecule has 1 unspecified atom stereocenters. The number of ketones is 3. The Morgan fingerprint density at radius 2 is 1.54 bits per heavy atom. The average Bonchev–Trinajstić information content (AvgIpc) is 2.60. The SMILES string of the molecule is CC.CC(=O)CCC(C)C(C)=O.COc1cccc(C(C)=O)c1C(C)C. The van der Waals surface area contributed by atoms with Crippen molar-refractivity contribution in [3.63, 3.8) is 0 Å². The van der Waals surface area contributed by atoms with Crippen molar-refractivity contribution in [3.8, 4) is 5.75 Å². The lowest BCUT2D eigenvalue weighted by Gasteiger charge is -2.14. The van der Waals surface area contributed by atoms with Crippen LogP contribution in [-0.4, -0.2) is 24.5 Å². The van der Waals surface area contributed by atoms with E-state index >= 15 is 0 Å². The number of hydrogen-bond acceptors (Lipinski definition) is 4. The van der Waals surface area contributed by atoms with Gasteiger partial charge >= 0.3 is 0 Å². The Bertz CT molecular complexity index is 574. The predicted octanol–water partition coefficient (Wildman–Crippen LogP) is 5.63. The highest BCUT2D eigenvalue weighted by Gasteiger charge is 2.14. The number of ether oxygens (including phenoxy) is 1. The fourth-order valence-corrected chi connectivity index (χ4v) is 2.25. The number of methoxy groups -OCH3 is 1. The van der Waals surface area contributed by atoms with Crippen LogP contribution in [0.15, 0.2) is 18.2 Å². The van der Waals surface area contributed by atoms with Crippen LogP contribution in [-0.2, 0) is 9.59 Å². The number of rotatable bonds is 7. The van der Waals surface area contributed by atoms with Gasteiger partial charge < -0.3 is 9.53 Å². The van der Waals surface area contributed by atoms with E-state index in [2.05, 4.69) is 13.8 Å². The zero-order valence-electron chi connectivity index (χ0n) is 17.9. The summed E-state index contributed by atoms with van der Waals surface area (Å²) in [5, 5.41) is 0. The van der Waals surface area contributed by atoms with E-state index in [1.807, 2.05) is 39.0 Å². The van der Waals surface area contributed by atoms with Crippen molar-refractivity contribution in [3.05, 3.63) is 29.3 Å². The molecule has 4 heteroatoms. The highest BCUT2D eigenvalue weighted by atomic mass is 16.5. The minimum absolute atomic E-state index is 0.0453. The summed E-state index contributed by atoms with van der Waals surface area (Å²) >= 11 is 0. The van der Waals surface area contributed by atoms with E-state index in [1.165, 1.54) is 0 Å². The Morgan fingerprint density at radius 1 is 1.00 bits per heavy atom. The predicted molar refractivity (Wildman–Crippen MR) is 108 cm³/mol. The molecule has 148 valence electrons. The third-order valence-corrected chi connectivity index (χ3v) is 3.87. The van der Waals surface area contributed by atoms with Gasteiger partial charge in [-0.1, -0.05) is 46.8 Å². The second-order valence-corrected chi connectivity index (χ2v) is 6.38. The Hall–Kier alpha value is -1.97. The number of carbonyl (C=O) groups excluding carboxylic acids is 3. The molecule has 1 aromatic carbocycles. The van der Waals surface area contributed by atoms with Gasteiger partial charge in [0.2, 0.25) is 0 Å². The van der Waals surface area contributed by atoms with Crippen LogP contribution in [0.2, 0.25) is 0 Å². The van der Waals surface area contributed by atoms with Crippen LogP contribution < -0.4 is 4.74 Å². The molecule has 0 saturated heterocycles. The van der Waals surface area contributed by atoms with Gasteiger partial charge in [0.25, 0.3) is 0 Å². The maximum absolute atomic E-state index is 11.4. The molecular weight excluding hydrogens is 328 g/mol. The van der Waals surface area contributed by atoms with Gasteiger partial charge in [-0.3, -0.25) is 9.59 Å². The van der Waals surface area contributed by atoms with Crippen molar-refractivity contribution >= 4 is 17.3 Å². The quantitative estimate of drug-likeness (QED) is 0.588. The largest absolute Gasteiger partial charge is 0.496 e. The molecule has 26 heavy (non-hydrogen) atoms. The van der Waals surface area contributed by atoms with Gasteiger partial charge in [-0.25, -0.2) is 0 Å². The molecule has 1 aromatic rings. The minimum atomic E-state index is 0.0453. The van der Waals surface area contributed by atoms with Crippen molar-refractivity contribution in [2.45, 2.75) is 74.1 Å². The van der Waals surface area contributed by atoms with Crippen LogP contribution in [0.5, 0.6) is 5.75 Å². The fourth-order valence-electron chi connectivity index (χ4n) is 2.25. The monoisotopic (exact) mass is 364 g/mol. The maximum atomic E-state index is 11.4. The van der Waals surface area contributed by atoms with Crippen molar-refractivity contribution < 1.29 is 19.1 Å². The van der Waals surface area contributed by atoms with E-state index in [0.29, 0.717) is 18.8 Å². The van der Waals surface area contributed by atoms with Crippen molar-refractivity contribution in [1.82, 2.24) is 0 Å². The van der Waals surface area contributed by atoms with Crippen LogP contribution in [0.4, 0.5) is 0 Å². The van der Waals surface area contributed by atoms with Gasteiger partial charge in [-0.2, -0.15) is 0 Å². The summed E-state index contributed by atoms with van der Waals surface area (Å²) in [5.74, 6) is 1.56. The lowest BCUT2D eigenvalue weighted by Crippen LogP contribution is -2.07. The molecule has 0 saturated carbocycles. The van der Waals surface area contributed by atoms with Crippen molar-refractivity contribution in [2.24, 2.45) is 5.92 Å². The zero-order chi connectivity index (χ0) is 20.9. The Kier molecular flexibility index (Phi) is 14.4. The van der Waals surface area contributed by atoms with Crippen LogP contribution in [0.25, 0.3) is 0 Å². The van der Waals surface area contributed by atoms with E-state index < -0.39 is 0 Å². The van der Waals surface area contributed by atoms with Gasteiger partial charge in [0.1, 0.15) is 17.3 Å². The molecule has 0 fully saturated rings. The fraction of sp³-hybridized carbons (Fsp3) is 0.591. The topological polar surface area (TPSA) is 60.4 Å². The molecule has 0 spiro atoms. The maximum Gasteiger partial charge on any atom is 0.160 e. The van der Waals surface area contributed by atoms with Crippen LogP contribution >= 0.6 is 0 Å². The first kappa shape index (κ1) is 26.3. The second-order valence-electron chi connectivity index (χ2n) is 6.38. The van der Waals surface area contributed by atoms with E-state index in [4.69, 9.17) is 4.74 Å². The number of carbonyl (C=O) groups is 3. The third-order valence-electron chi connectivity index (χ3n) is 3.87. The molecule has 1 rings (SSSR count). The Labute approximate surface area is 159 Å². The van der Waals surface area contributed by atoms with E-state index in [9.17, 15) is 14.4 Å². The zero-order valence-corrected chi connectivity index (χ0v) is 17.9. The van der Waals surface area contributed by atoms with Gasteiger partial charge in [-0.15, -0.1) is 0 Å². The van der Waals surface area contributed by atoms with Crippen LogP contribution in [0, 0.1) is 5.92 Å². The molecule has 0 heterocycles. The lowest BCUT2D eigenvalue weighted by molar-refractivity contribution is -0.121. The lowest BCUT2D eigenvalue weighted by atomic mass is 9.94. The van der Waals surface area contributed by atoms with Crippen LogP contribution in [0.3, 0.4) is 0 Å². The van der Waals surface area contributed by atoms with E-state index in [1.54, 1.807) is 27.9 Å². The molecule has 0 radical (unpaired) electrons. The summed E-state index contributed by atoms with van der Waals surface area (Å²) in [6.45, 7) is 14.7. The summed E-state index contributed by atoms with van der Waals surface area (Å²) in [6.07, 6.45) is 1.23. The molecule has 0 bridgehead atoms. The summed E-state index contributed by atoms with van der Waals surface area (Å²) in [7, 11) is 1.63. The summed E-state index contributed by atoms with van der Waals surface area (Å²) in [5.41, 5.74) is 1.77. The Morgan fingerprint density at radius 3 is 1.88 bits per heavy atom. The first-order valence-electron chi connectivity index (χ1n) is 9.29. The van der Waals surface area contributed by atoms with E-state index in [0.717, 1.165) is 16.9 Å². The molecule has 0 aromatic heterocycles. The highest BCUT2D eigenvalue weighted by Crippen LogP contribution is 2.29. The first-order valence-corrected chi connectivity index (χ1v) is 9.29. The number of Topliss-reactive ketones (excluding diaryl/α,β-unsaturated/α-hetero) is 3. The first-order chi connectivity index (χ1) is 12.1. The van der Waals surface area contributed by atoms with Gasteiger partial charge in [0, 0.05) is 23.5 Å². The molecule has 0 amide bonds. The molecule has 1 atom stereocenters. The third kappa shape index (κ3) is 10.1. The molecule has 0 aliphatic heterocycles. The number of hydrogen-bond donors (Lipinski definition) is 0. The second kappa shape index (κ2) is 14.2. The molecule has 0 aliphatic carbocycles. The molecule has 0 aliphatic rings. The van der Waals surface area contributed by atoms with Crippen molar-refractivity contribution in [2.75, 3.05) is 7.11 Å². The average molecular weight is 365 g/mol. The van der Waals surface area contributed by atoms with Crippen LogP contribution in [0.1, 0.15) is 90.1 Å². The summed E-state index contributed by atoms with van der Waals surface area (Å²) < 4.78 is 5.25. The van der Waals surface area contributed by atoms with Gasteiger partial charge in [0.05, 0.1) is 7.11 Å². The van der Waals surface area contributed by atoms with Crippen molar-refractivity contribution in [1.29, 1.82) is 0 Å². The molecule has 4 nitrogen and oxygen atoms in total. The standard InChI is InChI=1S/C12H16O2.C8H14O2.C2H6/c1-8(2)12-10(9(3)13)6-5-7-11(12)14-4;1-6(8(3)10)4-5-7(2)9;1-2/h5-8H,1-4H3;6H,4-5H2,1-3H3;1-2H3. The summed E-state index contributed by atoms with van der Waals surface area (Å²) in [4.78, 5) is 32.5. The normalized spacial score (nSPS) is 10.7. The smallest absolute Gasteiger partial charge is 0.160 e. The van der Waals surface area contributed by atoms with E-state index in [-0.39, 0.29) is 23.3 Å². The highest BCUT2D eigenvalue weighted by molar-refractivity contribution is 5.96.